The first-order valence-corrected chi connectivity index (χ1v) is 7.12. The SMILES string of the molecule is Nc1ccc2c(C(=O)NCCCn3ccnc3)nccc2c1. The number of aryl methyl sites for hydroxylation is 1. The van der Waals surface area contributed by atoms with Crippen molar-refractivity contribution >= 4 is 22.4 Å². The number of nitrogens with two attached hydrogens (primary N) is 1. The number of nitrogens with zero attached hydrogens (tertiary/aromatic N) is 3. The highest BCUT2D eigenvalue weighted by Crippen LogP contribution is 2.19. The molecule has 2 aromatic heterocycles. The number of aromatic nitrogens is 3. The number of benzene rings is 1. The fourth-order valence-electron chi connectivity index (χ4n) is 2.34. The number of pyridine rings is 1. The van der Waals surface area contributed by atoms with Crippen molar-refractivity contribution in [2.45, 2.75) is 13.0 Å². The number of nitrogen functional groups attached to an aromatic ring is 1. The van der Waals surface area contributed by atoms with Crippen LogP contribution in [0, 0.1) is 0 Å². The number of rotatable bonds is 5. The van der Waals surface area contributed by atoms with Crippen LogP contribution < -0.4 is 11.1 Å². The first-order valence-electron chi connectivity index (χ1n) is 7.12. The molecule has 3 aromatic rings. The van der Waals surface area contributed by atoms with E-state index in [-0.39, 0.29) is 5.91 Å². The fourth-order valence-corrected chi connectivity index (χ4v) is 2.34. The van der Waals surface area contributed by atoms with Crippen LogP contribution in [-0.4, -0.2) is 27.0 Å². The summed E-state index contributed by atoms with van der Waals surface area (Å²) in [5.41, 5.74) is 6.87. The van der Waals surface area contributed by atoms with Crippen LogP contribution in [0.4, 0.5) is 5.69 Å². The van der Waals surface area contributed by atoms with Crippen molar-refractivity contribution in [1.82, 2.24) is 19.9 Å². The van der Waals surface area contributed by atoms with Crippen molar-refractivity contribution < 1.29 is 4.79 Å². The van der Waals surface area contributed by atoms with Gasteiger partial charge in [-0.1, -0.05) is 0 Å². The Hall–Kier alpha value is -2.89. The van der Waals surface area contributed by atoms with Gasteiger partial charge in [0.25, 0.3) is 5.91 Å². The molecule has 0 unspecified atom stereocenters. The average molecular weight is 295 g/mol. The Bertz CT molecular complexity index is 782. The molecule has 0 saturated carbocycles. The molecule has 0 fully saturated rings. The maximum Gasteiger partial charge on any atom is 0.270 e. The lowest BCUT2D eigenvalue weighted by Crippen LogP contribution is -2.26. The summed E-state index contributed by atoms with van der Waals surface area (Å²) in [6, 6.07) is 7.30. The second-order valence-corrected chi connectivity index (χ2v) is 5.05. The van der Waals surface area contributed by atoms with Crippen molar-refractivity contribution in [2.24, 2.45) is 0 Å². The molecule has 22 heavy (non-hydrogen) atoms. The standard InChI is InChI=1S/C16H17N5O/c17-13-2-3-14-12(10-13)4-6-19-15(14)16(22)20-5-1-8-21-9-7-18-11-21/h2-4,6-7,9-11H,1,5,8,17H2,(H,20,22). The molecule has 0 aliphatic carbocycles. The average Bonchev–Trinajstić information content (AvgIpc) is 3.03. The van der Waals surface area contributed by atoms with E-state index in [0.29, 0.717) is 17.9 Å². The number of hydrogen-bond donors (Lipinski definition) is 2. The number of carbonyl (C=O) groups is 1. The molecule has 6 nitrogen and oxygen atoms in total. The summed E-state index contributed by atoms with van der Waals surface area (Å²) in [5, 5.41) is 4.63. The molecule has 0 radical (unpaired) electrons. The molecule has 112 valence electrons. The van der Waals surface area contributed by atoms with E-state index >= 15 is 0 Å². The number of carbonyl (C=O) groups excluding carboxylic acids is 1. The molecule has 1 amide bonds. The zero-order chi connectivity index (χ0) is 15.4. The van der Waals surface area contributed by atoms with E-state index in [1.54, 1.807) is 24.8 Å². The Morgan fingerprint density at radius 2 is 2.18 bits per heavy atom. The van der Waals surface area contributed by atoms with Gasteiger partial charge in [0.15, 0.2) is 0 Å². The highest BCUT2D eigenvalue weighted by molar-refractivity contribution is 6.05. The molecule has 3 N–H and O–H groups in total. The Labute approximate surface area is 128 Å². The summed E-state index contributed by atoms with van der Waals surface area (Å²) in [6.07, 6.45) is 7.86. The van der Waals surface area contributed by atoms with Crippen LogP contribution in [-0.2, 0) is 6.54 Å². The Kier molecular flexibility index (Phi) is 4.00. The number of amides is 1. The smallest absolute Gasteiger partial charge is 0.270 e. The van der Waals surface area contributed by atoms with Crippen molar-refractivity contribution in [2.75, 3.05) is 12.3 Å². The van der Waals surface area contributed by atoms with Gasteiger partial charge in [-0.05, 0) is 36.1 Å². The molecule has 2 heterocycles. The lowest BCUT2D eigenvalue weighted by atomic mass is 10.1. The quantitative estimate of drug-likeness (QED) is 0.555. The van der Waals surface area contributed by atoms with E-state index in [1.165, 1.54) is 0 Å². The number of fused-ring (bicyclic) bond motifs is 1. The third-order valence-corrected chi connectivity index (χ3v) is 3.44. The number of imidazole rings is 1. The van der Waals surface area contributed by atoms with Gasteiger partial charge in [-0.3, -0.25) is 9.78 Å². The summed E-state index contributed by atoms with van der Waals surface area (Å²) >= 11 is 0. The molecule has 0 bridgehead atoms. The van der Waals surface area contributed by atoms with Crippen molar-refractivity contribution in [3.63, 3.8) is 0 Å². The van der Waals surface area contributed by atoms with Crippen LogP contribution in [0.25, 0.3) is 10.8 Å². The van der Waals surface area contributed by atoms with Gasteiger partial charge in [-0.2, -0.15) is 0 Å². The monoisotopic (exact) mass is 295 g/mol. The summed E-state index contributed by atoms with van der Waals surface area (Å²) in [4.78, 5) is 20.5. The van der Waals surface area contributed by atoms with Crippen molar-refractivity contribution in [3.8, 4) is 0 Å². The third-order valence-electron chi connectivity index (χ3n) is 3.44. The van der Waals surface area contributed by atoms with E-state index < -0.39 is 0 Å². The first kappa shape index (κ1) is 14.1. The Balaban J connectivity index is 1.65. The minimum atomic E-state index is -0.166. The first-order chi connectivity index (χ1) is 10.7. The van der Waals surface area contributed by atoms with Crippen molar-refractivity contribution in [3.05, 3.63) is 54.9 Å². The van der Waals surface area contributed by atoms with Crippen molar-refractivity contribution in [1.29, 1.82) is 0 Å². The van der Waals surface area contributed by atoms with Gasteiger partial charge in [0.05, 0.1) is 6.33 Å². The second-order valence-electron chi connectivity index (χ2n) is 5.05. The lowest BCUT2D eigenvalue weighted by molar-refractivity contribution is 0.0949. The molecule has 1 aromatic carbocycles. The molecule has 0 atom stereocenters. The van der Waals surface area contributed by atoms with Gasteiger partial charge in [0.2, 0.25) is 0 Å². The van der Waals surface area contributed by atoms with E-state index in [1.807, 2.05) is 29.0 Å². The molecule has 3 rings (SSSR count). The highest BCUT2D eigenvalue weighted by atomic mass is 16.1. The van der Waals surface area contributed by atoms with Gasteiger partial charge >= 0.3 is 0 Å². The van der Waals surface area contributed by atoms with Crippen LogP contribution >= 0.6 is 0 Å². The molecule has 0 aliphatic rings. The van der Waals surface area contributed by atoms with Gasteiger partial charge in [-0.25, -0.2) is 4.98 Å². The summed E-state index contributed by atoms with van der Waals surface area (Å²) < 4.78 is 1.98. The van der Waals surface area contributed by atoms with Gasteiger partial charge in [-0.15, -0.1) is 0 Å². The normalized spacial score (nSPS) is 10.7. The maximum absolute atomic E-state index is 12.3. The van der Waals surface area contributed by atoms with Crippen LogP contribution in [0.5, 0.6) is 0 Å². The van der Waals surface area contributed by atoms with Crippen LogP contribution in [0.3, 0.4) is 0 Å². The van der Waals surface area contributed by atoms with Crippen LogP contribution in [0.2, 0.25) is 0 Å². The fraction of sp³-hybridized carbons (Fsp3) is 0.188. The minimum absolute atomic E-state index is 0.166. The minimum Gasteiger partial charge on any atom is -0.399 e. The topological polar surface area (TPSA) is 85.8 Å². The predicted molar refractivity (Wildman–Crippen MR) is 85.3 cm³/mol. The number of nitrogens with one attached hydrogen (secondary N) is 1. The third kappa shape index (κ3) is 3.06. The van der Waals surface area contributed by atoms with Gasteiger partial charge in [0.1, 0.15) is 5.69 Å². The van der Waals surface area contributed by atoms with Crippen LogP contribution in [0.1, 0.15) is 16.9 Å². The molecular formula is C16H17N5O. The molecule has 6 heteroatoms. The number of anilines is 1. The maximum atomic E-state index is 12.3. The van der Waals surface area contributed by atoms with Gasteiger partial charge in [0, 0.05) is 42.8 Å². The zero-order valence-corrected chi connectivity index (χ0v) is 12.1. The number of hydrogen-bond acceptors (Lipinski definition) is 4. The van der Waals surface area contributed by atoms with E-state index in [2.05, 4.69) is 15.3 Å². The molecule has 0 aliphatic heterocycles. The van der Waals surface area contributed by atoms with Gasteiger partial charge < -0.3 is 15.6 Å². The summed E-state index contributed by atoms with van der Waals surface area (Å²) in [7, 11) is 0. The Morgan fingerprint density at radius 3 is 3.00 bits per heavy atom. The van der Waals surface area contributed by atoms with E-state index in [0.717, 1.165) is 23.7 Å². The highest BCUT2D eigenvalue weighted by Gasteiger charge is 2.11. The Morgan fingerprint density at radius 1 is 1.27 bits per heavy atom. The predicted octanol–water partition coefficient (Wildman–Crippen LogP) is 1.83. The molecule has 0 spiro atoms. The van der Waals surface area contributed by atoms with E-state index in [4.69, 9.17) is 5.73 Å². The molecular weight excluding hydrogens is 278 g/mol. The van der Waals surface area contributed by atoms with Crippen LogP contribution in [0.15, 0.2) is 49.2 Å². The second kappa shape index (κ2) is 6.26. The summed E-state index contributed by atoms with van der Waals surface area (Å²) in [5.74, 6) is -0.166. The summed E-state index contributed by atoms with van der Waals surface area (Å²) in [6.45, 7) is 1.41. The largest absolute Gasteiger partial charge is 0.399 e. The lowest BCUT2D eigenvalue weighted by Gasteiger charge is -2.08. The zero-order valence-electron chi connectivity index (χ0n) is 12.1. The van der Waals surface area contributed by atoms with E-state index in [9.17, 15) is 4.79 Å². The molecule has 0 saturated heterocycles.